The maximum Gasteiger partial charge on any atom is 0.503 e. The van der Waals surface area contributed by atoms with E-state index in [2.05, 4.69) is 10.3 Å². The molecule has 0 aliphatic carbocycles. The third-order valence-corrected chi connectivity index (χ3v) is 4.68. The number of benzene rings is 1. The summed E-state index contributed by atoms with van der Waals surface area (Å²) in [6, 6.07) is 5.55. The summed E-state index contributed by atoms with van der Waals surface area (Å²) in [5.41, 5.74) is -6.59. The Balaban J connectivity index is 2.44. The Morgan fingerprint density at radius 3 is 2.50 bits per heavy atom. The zero-order valence-corrected chi connectivity index (χ0v) is 13.8. The lowest BCUT2D eigenvalue weighted by Crippen LogP contribution is -2.27. The average molecular weight is 389 g/mol. The average Bonchev–Trinajstić information content (AvgIpc) is 2.55. The van der Waals surface area contributed by atoms with Gasteiger partial charge in [-0.3, -0.25) is 14.9 Å². The Bertz CT molecular complexity index is 990. The van der Waals surface area contributed by atoms with E-state index >= 15 is 0 Å². The van der Waals surface area contributed by atoms with Crippen LogP contribution >= 0.6 is 0 Å². The zero-order chi connectivity index (χ0) is 19.7. The Labute approximate surface area is 144 Å². The molecule has 0 radical (unpaired) electrons. The summed E-state index contributed by atoms with van der Waals surface area (Å²) < 4.78 is 61.3. The maximum absolute atomic E-state index is 12.7. The lowest BCUT2D eigenvalue weighted by Gasteiger charge is -2.12. The Morgan fingerprint density at radius 1 is 1.27 bits per heavy atom. The number of nitrogens with zero attached hydrogens (tertiary/aromatic N) is 2. The van der Waals surface area contributed by atoms with E-state index in [1.165, 1.54) is 19.1 Å². The molecule has 0 saturated carbocycles. The number of halogens is 3. The van der Waals surface area contributed by atoms with Crippen molar-refractivity contribution < 1.29 is 31.3 Å². The van der Waals surface area contributed by atoms with E-state index in [9.17, 15) is 36.5 Å². The van der Waals surface area contributed by atoms with Crippen LogP contribution in [0.25, 0.3) is 0 Å². The molecule has 0 unspecified atom stereocenters. The van der Waals surface area contributed by atoms with Crippen LogP contribution in [0, 0.1) is 17.0 Å². The summed E-state index contributed by atoms with van der Waals surface area (Å²) in [7, 11) is -5.85. The van der Waals surface area contributed by atoms with E-state index in [1.807, 2.05) is 0 Å². The van der Waals surface area contributed by atoms with Crippen molar-refractivity contribution in [1.29, 1.82) is 0 Å². The molecule has 0 aliphatic heterocycles. The molecule has 1 heterocycles. The number of alkyl halides is 3. The van der Waals surface area contributed by atoms with Crippen molar-refractivity contribution in [3.8, 4) is 0 Å². The molecule has 2 rings (SSSR count). The fraction of sp³-hybridized carbons (Fsp3) is 0.143. The number of sulfone groups is 1. The summed E-state index contributed by atoms with van der Waals surface area (Å²) in [4.78, 5) is 25.6. The molecular formula is C14H10F3N3O5S. The number of carbonyl (C=O) groups excluding carboxylic acids is 1. The van der Waals surface area contributed by atoms with Crippen LogP contribution in [0.2, 0.25) is 0 Å². The first kappa shape index (κ1) is 19.3. The molecule has 0 atom stereocenters. The normalized spacial score (nSPS) is 11.8. The molecule has 1 amide bonds. The molecule has 138 valence electrons. The number of nitro benzene ring substituents is 1. The number of rotatable bonds is 4. The van der Waals surface area contributed by atoms with Gasteiger partial charge >= 0.3 is 5.51 Å². The molecule has 12 heteroatoms. The lowest BCUT2D eigenvalue weighted by atomic mass is 10.2. The summed E-state index contributed by atoms with van der Waals surface area (Å²) in [6.07, 6.45) is 0.798. The van der Waals surface area contributed by atoms with E-state index in [4.69, 9.17) is 0 Å². The standard InChI is InChI=1S/C14H10F3N3O5S/c1-8-4-5-9(7-11(8)20(22)23)19-12(21)10-3-2-6-18-13(10)26(24,25)14(15,16)17/h2-7H,1H3,(H,19,21). The second-order valence-electron chi connectivity index (χ2n) is 5.02. The van der Waals surface area contributed by atoms with Gasteiger partial charge in [0.2, 0.25) is 0 Å². The number of nitrogens with one attached hydrogen (secondary N) is 1. The number of amides is 1. The predicted molar refractivity (Wildman–Crippen MR) is 83.3 cm³/mol. The number of carbonyl (C=O) groups is 1. The van der Waals surface area contributed by atoms with E-state index in [0.717, 1.165) is 24.4 Å². The minimum absolute atomic E-state index is 0.0912. The number of hydrogen-bond acceptors (Lipinski definition) is 6. The van der Waals surface area contributed by atoms with Gasteiger partial charge in [-0.1, -0.05) is 6.07 Å². The van der Waals surface area contributed by atoms with Gasteiger partial charge in [-0.2, -0.15) is 13.2 Å². The SMILES string of the molecule is Cc1ccc(NC(=O)c2cccnc2S(=O)(=O)C(F)(F)F)cc1[N+](=O)[O-]. The zero-order valence-electron chi connectivity index (χ0n) is 12.9. The summed E-state index contributed by atoms with van der Waals surface area (Å²) >= 11 is 0. The summed E-state index contributed by atoms with van der Waals surface area (Å²) in [5, 5.41) is 11.6. The monoisotopic (exact) mass is 389 g/mol. The molecule has 0 aliphatic rings. The van der Waals surface area contributed by atoms with Crippen molar-refractivity contribution in [1.82, 2.24) is 4.98 Å². The third kappa shape index (κ3) is 3.64. The third-order valence-electron chi connectivity index (χ3n) is 3.24. The van der Waals surface area contributed by atoms with E-state index in [-0.39, 0.29) is 11.4 Å². The van der Waals surface area contributed by atoms with Gasteiger partial charge in [0.25, 0.3) is 21.4 Å². The quantitative estimate of drug-likeness (QED) is 0.634. The van der Waals surface area contributed by atoms with Crippen molar-refractivity contribution in [2.75, 3.05) is 5.32 Å². The molecule has 0 bridgehead atoms. The smallest absolute Gasteiger partial charge is 0.322 e. The molecule has 0 spiro atoms. The highest BCUT2D eigenvalue weighted by atomic mass is 32.2. The minimum Gasteiger partial charge on any atom is -0.322 e. The van der Waals surface area contributed by atoms with Crippen LogP contribution in [0.1, 0.15) is 15.9 Å². The summed E-state index contributed by atoms with van der Waals surface area (Å²) in [6.45, 7) is 1.46. The first-order valence-electron chi connectivity index (χ1n) is 6.78. The van der Waals surface area contributed by atoms with Crippen LogP contribution in [-0.4, -0.2) is 29.7 Å². The second kappa shape index (κ2) is 6.71. The molecule has 8 nitrogen and oxygen atoms in total. The Kier molecular flexibility index (Phi) is 4.98. The minimum atomic E-state index is -5.85. The van der Waals surface area contributed by atoms with E-state index in [0.29, 0.717) is 5.56 Å². The highest BCUT2D eigenvalue weighted by Gasteiger charge is 2.49. The van der Waals surface area contributed by atoms with Gasteiger partial charge in [-0.25, -0.2) is 13.4 Å². The second-order valence-corrected chi connectivity index (χ2v) is 6.87. The van der Waals surface area contributed by atoms with Crippen molar-refractivity contribution in [2.45, 2.75) is 17.5 Å². The van der Waals surface area contributed by atoms with Crippen LogP contribution in [-0.2, 0) is 9.84 Å². The number of pyridine rings is 1. The van der Waals surface area contributed by atoms with Gasteiger partial charge in [0.1, 0.15) is 0 Å². The van der Waals surface area contributed by atoms with Gasteiger partial charge in [-0.05, 0) is 25.1 Å². The first-order valence-corrected chi connectivity index (χ1v) is 8.26. The molecule has 0 fully saturated rings. The molecular weight excluding hydrogens is 379 g/mol. The van der Waals surface area contributed by atoms with Gasteiger partial charge in [0.05, 0.1) is 10.5 Å². The van der Waals surface area contributed by atoms with Crippen molar-refractivity contribution in [2.24, 2.45) is 0 Å². The topological polar surface area (TPSA) is 119 Å². The number of aromatic nitrogens is 1. The number of aryl methyl sites for hydroxylation is 1. The van der Waals surface area contributed by atoms with Gasteiger partial charge in [0, 0.05) is 23.5 Å². The van der Waals surface area contributed by atoms with E-state index in [1.54, 1.807) is 0 Å². The van der Waals surface area contributed by atoms with Gasteiger partial charge in [0.15, 0.2) is 5.03 Å². The highest BCUT2D eigenvalue weighted by Crippen LogP contribution is 2.31. The molecule has 1 aromatic heterocycles. The van der Waals surface area contributed by atoms with E-state index < -0.39 is 36.8 Å². The number of nitro groups is 1. The van der Waals surface area contributed by atoms with Gasteiger partial charge < -0.3 is 5.32 Å². The van der Waals surface area contributed by atoms with Crippen molar-refractivity contribution in [3.05, 3.63) is 57.8 Å². The van der Waals surface area contributed by atoms with Crippen LogP contribution in [0.3, 0.4) is 0 Å². The van der Waals surface area contributed by atoms with Crippen molar-refractivity contribution in [3.63, 3.8) is 0 Å². The molecule has 2 aromatic rings. The van der Waals surface area contributed by atoms with Crippen LogP contribution in [0.15, 0.2) is 41.6 Å². The number of hydrogen-bond donors (Lipinski definition) is 1. The Morgan fingerprint density at radius 2 is 1.92 bits per heavy atom. The molecule has 1 N–H and O–H groups in total. The summed E-state index contributed by atoms with van der Waals surface area (Å²) in [5.74, 6) is -1.21. The fourth-order valence-corrected chi connectivity index (χ4v) is 2.84. The van der Waals surface area contributed by atoms with Crippen LogP contribution < -0.4 is 5.32 Å². The lowest BCUT2D eigenvalue weighted by molar-refractivity contribution is -0.385. The predicted octanol–water partition coefficient (Wildman–Crippen LogP) is 2.84. The first-order chi connectivity index (χ1) is 11.9. The molecule has 0 saturated heterocycles. The largest absolute Gasteiger partial charge is 0.503 e. The number of anilines is 1. The highest BCUT2D eigenvalue weighted by molar-refractivity contribution is 7.92. The molecule has 1 aromatic carbocycles. The van der Waals surface area contributed by atoms with Gasteiger partial charge in [-0.15, -0.1) is 0 Å². The Hall–Kier alpha value is -3.02. The van der Waals surface area contributed by atoms with Crippen molar-refractivity contribution >= 4 is 27.1 Å². The molecule has 26 heavy (non-hydrogen) atoms. The van der Waals surface area contributed by atoms with Crippen LogP contribution in [0.5, 0.6) is 0 Å². The van der Waals surface area contributed by atoms with Crippen LogP contribution in [0.4, 0.5) is 24.5 Å². The maximum atomic E-state index is 12.7. The fourth-order valence-electron chi connectivity index (χ4n) is 1.97.